The van der Waals surface area contributed by atoms with Crippen molar-refractivity contribution in [2.45, 2.75) is 32.1 Å². The molecular formula is C29H23FN6O. The molecule has 0 unspecified atom stereocenters. The zero-order valence-electron chi connectivity index (χ0n) is 20.4. The monoisotopic (exact) mass is 490 g/mol. The van der Waals surface area contributed by atoms with Crippen LogP contribution in [0.4, 0.5) is 15.8 Å². The molecule has 1 aliphatic rings. The molecule has 5 rings (SSSR count). The van der Waals surface area contributed by atoms with Crippen molar-refractivity contribution in [1.82, 2.24) is 15.0 Å². The molecule has 4 aromatic rings. The topological polar surface area (TPSA) is 104 Å². The highest BCUT2D eigenvalue weighted by Crippen LogP contribution is 2.35. The van der Waals surface area contributed by atoms with Gasteiger partial charge in [-0.3, -0.25) is 14.8 Å². The Hall–Kier alpha value is -4.77. The van der Waals surface area contributed by atoms with Crippen LogP contribution in [0, 0.1) is 17.1 Å². The van der Waals surface area contributed by atoms with E-state index in [1.54, 1.807) is 56.6 Å². The minimum atomic E-state index is -0.730. The van der Waals surface area contributed by atoms with Gasteiger partial charge in [0.25, 0.3) is 5.91 Å². The quantitative estimate of drug-likeness (QED) is 0.380. The van der Waals surface area contributed by atoms with Gasteiger partial charge >= 0.3 is 0 Å². The van der Waals surface area contributed by atoms with Crippen LogP contribution in [0.2, 0.25) is 0 Å². The second kappa shape index (κ2) is 9.70. The summed E-state index contributed by atoms with van der Waals surface area (Å²) >= 11 is 0. The highest BCUT2D eigenvalue weighted by Gasteiger charge is 2.22. The van der Waals surface area contributed by atoms with Crippen molar-refractivity contribution in [2.24, 2.45) is 4.99 Å². The molecule has 7 nitrogen and oxygen atoms in total. The number of rotatable bonds is 6. The summed E-state index contributed by atoms with van der Waals surface area (Å²) in [6, 6.07) is 17.4. The molecule has 0 atom stereocenters. The molecule has 182 valence electrons. The summed E-state index contributed by atoms with van der Waals surface area (Å²) in [6.45, 7) is 3.58. The van der Waals surface area contributed by atoms with Crippen LogP contribution in [0.5, 0.6) is 0 Å². The van der Waals surface area contributed by atoms with Gasteiger partial charge in [-0.1, -0.05) is 18.2 Å². The zero-order valence-corrected chi connectivity index (χ0v) is 20.4. The Balaban J connectivity index is 1.37. The molecule has 3 heterocycles. The molecular weight excluding hydrogens is 467 g/mol. The van der Waals surface area contributed by atoms with Gasteiger partial charge in [0, 0.05) is 42.1 Å². The number of amides is 1. The number of hydrogen-bond acceptors (Lipinski definition) is 6. The molecule has 0 spiro atoms. The lowest BCUT2D eigenvalue weighted by atomic mass is 9.85. The lowest BCUT2D eigenvalue weighted by molar-refractivity contribution is 0.102. The van der Waals surface area contributed by atoms with Crippen LogP contribution >= 0.6 is 0 Å². The molecule has 37 heavy (non-hydrogen) atoms. The minimum absolute atomic E-state index is 0.240. The molecule has 2 aromatic heterocycles. The summed E-state index contributed by atoms with van der Waals surface area (Å²) in [4.78, 5) is 30.4. The third-order valence-electron chi connectivity index (χ3n) is 6.34. The van der Waals surface area contributed by atoms with Crippen LogP contribution in [0.1, 0.15) is 46.7 Å². The maximum atomic E-state index is 15.1. The summed E-state index contributed by atoms with van der Waals surface area (Å²) in [5.74, 6) is -0.840. The molecule has 2 aromatic carbocycles. The van der Waals surface area contributed by atoms with E-state index in [2.05, 4.69) is 31.3 Å². The van der Waals surface area contributed by atoms with Crippen molar-refractivity contribution in [3.8, 4) is 17.3 Å². The average molecular weight is 491 g/mol. The number of nitriles is 1. The number of nitrogens with zero attached hydrogens (tertiary/aromatic N) is 5. The molecule has 0 fully saturated rings. The fourth-order valence-corrected chi connectivity index (χ4v) is 4.18. The van der Waals surface area contributed by atoms with E-state index in [1.165, 1.54) is 12.4 Å². The Morgan fingerprint density at radius 3 is 2.78 bits per heavy atom. The van der Waals surface area contributed by atoms with Crippen molar-refractivity contribution in [2.75, 3.05) is 5.32 Å². The number of nitrogens with one attached hydrogen (secondary N) is 1. The van der Waals surface area contributed by atoms with Crippen molar-refractivity contribution in [3.63, 3.8) is 0 Å². The Kier molecular flexibility index (Phi) is 6.28. The van der Waals surface area contributed by atoms with Crippen molar-refractivity contribution in [1.29, 1.82) is 5.26 Å². The first kappa shape index (κ1) is 23.9. The lowest BCUT2D eigenvalue weighted by Gasteiger charge is -2.16. The number of aliphatic imine (C=N–C) groups is 1. The van der Waals surface area contributed by atoms with Gasteiger partial charge in [0.15, 0.2) is 0 Å². The molecule has 0 radical (unpaired) electrons. The average Bonchev–Trinajstić information content (AvgIpc) is 3.40. The first-order valence-electron chi connectivity index (χ1n) is 11.8. The molecule has 0 aliphatic carbocycles. The summed E-state index contributed by atoms with van der Waals surface area (Å²) in [5, 5.41) is 12.1. The second-order valence-corrected chi connectivity index (χ2v) is 9.29. The largest absolute Gasteiger partial charge is 0.322 e. The summed E-state index contributed by atoms with van der Waals surface area (Å²) in [6.07, 6.45) is 5.87. The number of benzene rings is 2. The Morgan fingerprint density at radius 2 is 1.97 bits per heavy atom. The van der Waals surface area contributed by atoms with E-state index in [1.807, 2.05) is 18.2 Å². The van der Waals surface area contributed by atoms with Crippen LogP contribution < -0.4 is 5.32 Å². The lowest BCUT2D eigenvalue weighted by Crippen LogP contribution is -2.17. The highest BCUT2D eigenvalue weighted by atomic mass is 19.1. The predicted octanol–water partition coefficient (Wildman–Crippen LogP) is 5.58. The molecule has 0 saturated heterocycles. The maximum absolute atomic E-state index is 15.1. The number of fused-ring (bicyclic) bond motifs is 1. The number of carbonyl (C=O) groups excluding carboxylic acids is 1. The minimum Gasteiger partial charge on any atom is -0.322 e. The smallest absolute Gasteiger partial charge is 0.255 e. The molecule has 0 saturated carbocycles. The third-order valence-corrected chi connectivity index (χ3v) is 6.34. The van der Waals surface area contributed by atoms with Crippen LogP contribution in [-0.4, -0.2) is 27.1 Å². The predicted molar refractivity (Wildman–Crippen MR) is 139 cm³/mol. The summed E-state index contributed by atoms with van der Waals surface area (Å²) < 4.78 is 15.1. The zero-order chi connectivity index (χ0) is 26.0. The number of anilines is 1. The van der Waals surface area contributed by atoms with E-state index in [-0.39, 0.29) is 12.3 Å². The van der Waals surface area contributed by atoms with E-state index in [4.69, 9.17) is 0 Å². The van der Waals surface area contributed by atoms with E-state index in [0.717, 1.165) is 22.5 Å². The first-order valence-corrected chi connectivity index (χ1v) is 11.8. The fourth-order valence-electron chi connectivity index (χ4n) is 4.18. The third kappa shape index (κ3) is 4.84. The normalized spacial score (nSPS) is 12.2. The molecule has 1 N–H and O–H groups in total. The summed E-state index contributed by atoms with van der Waals surface area (Å²) in [7, 11) is 0. The standard InChI is InChI=1S/C29H23FN6O/c1-29(2,16-31)20-6-3-5-19(13-20)28(37)36-21-9-8-18(23(30)15-21)14-25-22(7-4-11-32-25)26-27-24(10-12-33-27)34-17-35-26/h3-9,11-13,15,17H,10,14H2,1-2H3,(H,36,37). The highest BCUT2D eigenvalue weighted by molar-refractivity contribution is 6.04. The van der Waals surface area contributed by atoms with Gasteiger partial charge < -0.3 is 5.32 Å². The van der Waals surface area contributed by atoms with E-state index in [9.17, 15) is 10.1 Å². The van der Waals surface area contributed by atoms with Crippen LogP contribution in [0.3, 0.4) is 0 Å². The second-order valence-electron chi connectivity index (χ2n) is 9.29. The van der Waals surface area contributed by atoms with Gasteiger partial charge in [-0.25, -0.2) is 14.4 Å². The van der Waals surface area contributed by atoms with Crippen molar-refractivity contribution < 1.29 is 9.18 Å². The molecule has 0 bridgehead atoms. The Morgan fingerprint density at radius 1 is 1.11 bits per heavy atom. The number of carbonyl (C=O) groups is 1. The van der Waals surface area contributed by atoms with Gasteiger partial charge in [-0.05, 0) is 61.4 Å². The fraction of sp³-hybridized carbons (Fsp3) is 0.172. The van der Waals surface area contributed by atoms with E-state index >= 15 is 4.39 Å². The Bertz CT molecular complexity index is 1590. The Labute approximate surface area is 213 Å². The van der Waals surface area contributed by atoms with Gasteiger partial charge in [0.05, 0.1) is 22.9 Å². The first-order chi connectivity index (χ1) is 17.9. The van der Waals surface area contributed by atoms with Crippen LogP contribution in [0.25, 0.3) is 11.3 Å². The maximum Gasteiger partial charge on any atom is 0.255 e. The van der Waals surface area contributed by atoms with E-state index in [0.29, 0.717) is 34.6 Å². The van der Waals surface area contributed by atoms with Gasteiger partial charge in [-0.15, -0.1) is 0 Å². The SMILES string of the molecule is CC(C)(C#N)c1cccc(C(=O)Nc2ccc(Cc3ncccc3-c3ncnc4c3N=CC4)c(F)c2)c1. The number of halogens is 1. The van der Waals surface area contributed by atoms with Gasteiger partial charge in [0.2, 0.25) is 0 Å². The van der Waals surface area contributed by atoms with Crippen molar-refractivity contribution >= 4 is 23.5 Å². The van der Waals surface area contributed by atoms with Crippen LogP contribution in [0.15, 0.2) is 72.1 Å². The van der Waals surface area contributed by atoms with Crippen molar-refractivity contribution in [3.05, 3.63) is 101 Å². The number of pyridine rings is 1. The molecule has 8 heteroatoms. The van der Waals surface area contributed by atoms with Crippen LogP contribution in [-0.2, 0) is 18.3 Å². The molecule has 1 aliphatic heterocycles. The van der Waals surface area contributed by atoms with E-state index < -0.39 is 11.2 Å². The molecule has 1 amide bonds. The summed E-state index contributed by atoms with van der Waals surface area (Å²) in [5.41, 5.74) is 4.85. The number of hydrogen-bond donors (Lipinski definition) is 1. The van der Waals surface area contributed by atoms with Gasteiger partial charge in [0.1, 0.15) is 23.5 Å². The number of aromatic nitrogens is 3. The van der Waals surface area contributed by atoms with Gasteiger partial charge in [-0.2, -0.15) is 5.26 Å².